The highest BCUT2D eigenvalue weighted by Gasteiger charge is 2.31. The molecule has 2 aliphatic rings. The van der Waals surface area contributed by atoms with E-state index in [1.807, 2.05) is 30.3 Å². The van der Waals surface area contributed by atoms with Gasteiger partial charge in [-0.1, -0.05) is 30.3 Å². The van der Waals surface area contributed by atoms with Crippen molar-refractivity contribution in [2.24, 2.45) is 10.7 Å². The Bertz CT molecular complexity index is 769. The third kappa shape index (κ3) is 1.82. The summed E-state index contributed by atoms with van der Waals surface area (Å²) in [4.78, 5) is 17.1. The Morgan fingerprint density at radius 1 is 1.10 bits per heavy atom. The molecule has 0 saturated carbocycles. The molecule has 0 radical (unpaired) electrons. The normalized spacial score (nSPS) is 19.2. The second-order valence-corrected chi connectivity index (χ2v) is 4.93. The van der Waals surface area contributed by atoms with Gasteiger partial charge in [-0.2, -0.15) is 0 Å². The number of hydrogen-bond donors (Lipinski definition) is 1. The molecule has 104 valence electrons. The molecule has 2 aliphatic heterocycles. The minimum absolute atomic E-state index is 0.155. The largest absolute Gasteiger partial charge is 0.454 e. The number of fused-ring (bicyclic) bond motifs is 2. The molecule has 2 N–H and O–H groups in total. The van der Waals surface area contributed by atoms with Gasteiger partial charge in [0.15, 0.2) is 17.3 Å². The monoisotopic (exact) mass is 280 g/mol. The lowest BCUT2D eigenvalue weighted by molar-refractivity contribution is 0.0983. The van der Waals surface area contributed by atoms with E-state index in [1.165, 1.54) is 0 Å². The van der Waals surface area contributed by atoms with Crippen molar-refractivity contribution in [3.05, 3.63) is 53.6 Å². The van der Waals surface area contributed by atoms with Crippen LogP contribution >= 0.6 is 0 Å². The van der Waals surface area contributed by atoms with Gasteiger partial charge in [-0.25, -0.2) is 4.99 Å². The van der Waals surface area contributed by atoms with Crippen molar-refractivity contribution >= 4 is 17.2 Å². The van der Waals surface area contributed by atoms with Gasteiger partial charge in [0.2, 0.25) is 6.79 Å². The molecule has 0 bridgehead atoms. The van der Waals surface area contributed by atoms with E-state index in [1.54, 1.807) is 12.1 Å². The number of nitrogens with zero attached hydrogens (tertiary/aromatic N) is 1. The fraction of sp³-hybridized carbons (Fsp3) is 0.125. The lowest BCUT2D eigenvalue weighted by atomic mass is 9.92. The maximum Gasteiger partial charge on any atom is 0.231 e. The molecule has 1 atom stereocenters. The summed E-state index contributed by atoms with van der Waals surface area (Å²) in [5.41, 5.74) is 8.54. The molecule has 2 heterocycles. The summed E-state index contributed by atoms with van der Waals surface area (Å²) in [5, 5.41) is 0. The molecule has 4 rings (SSSR count). The average Bonchev–Trinajstić information content (AvgIpc) is 2.97. The number of benzene rings is 2. The number of rotatable bonds is 1. The standard InChI is InChI=1S/C16H12N2O3/c17-14-15(9-4-2-1-3-5-9)18-11-7-13-12(20-8-21-13)6-10(11)16(14)19/h1-7,14H,8,17H2. The molecule has 5 nitrogen and oxygen atoms in total. The van der Waals surface area contributed by atoms with Crippen molar-refractivity contribution < 1.29 is 14.3 Å². The summed E-state index contributed by atoms with van der Waals surface area (Å²) in [6.45, 7) is 0.160. The van der Waals surface area contributed by atoms with Crippen LogP contribution < -0.4 is 15.2 Å². The van der Waals surface area contributed by atoms with Gasteiger partial charge < -0.3 is 15.2 Å². The van der Waals surface area contributed by atoms with Crippen LogP contribution in [0.3, 0.4) is 0 Å². The van der Waals surface area contributed by atoms with Gasteiger partial charge in [0, 0.05) is 11.6 Å². The summed E-state index contributed by atoms with van der Waals surface area (Å²) in [6.07, 6.45) is 0. The third-order valence-corrected chi connectivity index (χ3v) is 3.64. The maximum absolute atomic E-state index is 12.5. The van der Waals surface area contributed by atoms with E-state index in [9.17, 15) is 4.79 Å². The summed E-state index contributed by atoms with van der Waals surface area (Å²) >= 11 is 0. The van der Waals surface area contributed by atoms with Crippen LogP contribution in [0.15, 0.2) is 47.5 Å². The molecule has 21 heavy (non-hydrogen) atoms. The maximum atomic E-state index is 12.5. The predicted octanol–water partition coefficient (Wildman–Crippen LogP) is 2.06. The number of Topliss-reactive ketones (excluding diaryl/α,β-unsaturated/α-hetero) is 1. The van der Waals surface area contributed by atoms with E-state index in [4.69, 9.17) is 15.2 Å². The molecule has 2 aromatic carbocycles. The summed E-state index contributed by atoms with van der Waals surface area (Å²) in [5.74, 6) is 1.01. The lowest BCUT2D eigenvalue weighted by Crippen LogP contribution is -2.41. The van der Waals surface area contributed by atoms with E-state index in [-0.39, 0.29) is 12.6 Å². The highest BCUT2D eigenvalue weighted by Crippen LogP contribution is 2.40. The van der Waals surface area contributed by atoms with Gasteiger partial charge in [-0.05, 0) is 11.6 Å². The topological polar surface area (TPSA) is 73.9 Å². The summed E-state index contributed by atoms with van der Waals surface area (Å²) < 4.78 is 10.6. The molecule has 0 saturated heterocycles. The van der Waals surface area contributed by atoms with Crippen molar-refractivity contribution in [3.8, 4) is 11.5 Å². The predicted molar refractivity (Wildman–Crippen MR) is 77.5 cm³/mol. The van der Waals surface area contributed by atoms with Crippen molar-refractivity contribution in [1.29, 1.82) is 0 Å². The van der Waals surface area contributed by atoms with Gasteiger partial charge in [-0.15, -0.1) is 0 Å². The summed E-state index contributed by atoms with van der Waals surface area (Å²) in [7, 11) is 0. The smallest absolute Gasteiger partial charge is 0.231 e. The Morgan fingerprint density at radius 2 is 1.81 bits per heavy atom. The first-order valence-corrected chi connectivity index (χ1v) is 6.61. The van der Waals surface area contributed by atoms with E-state index in [0.717, 1.165) is 5.56 Å². The van der Waals surface area contributed by atoms with E-state index in [0.29, 0.717) is 28.5 Å². The van der Waals surface area contributed by atoms with Crippen molar-refractivity contribution in [1.82, 2.24) is 0 Å². The zero-order chi connectivity index (χ0) is 14.4. The van der Waals surface area contributed by atoms with Crippen LogP contribution in [0.4, 0.5) is 5.69 Å². The minimum Gasteiger partial charge on any atom is -0.454 e. The van der Waals surface area contributed by atoms with Gasteiger partial charge in [0.05, 0.1) is 11.4 Å². The first-order valence-electron chi connectivity index (χ1n) is 6.61. The van der Waals surface area contributed by atoms with Crippen LogP contribution in [0, 0.1) is 0 Å². The number of nitrogens with two attached hydrogens (primary N) is 1. The van der Waals surface area contributed by atoms with Gasteiger partial charge >= 0.3 is 0 Å². The molecular weight excluding hydrogens is 268 g/mol. The second kappa shape index (κ2) is 4.43. The highest BCUT2D eigenvalue weighted by atomic mass is 16.7. The quantitative estimate of drug-likeness (QED) is 0.867. The van der Waals surface area contributed by atoms with E-state index in [2.05, 4.69) is 4.99 Å². The van der Waals surface area contributed by atoms with Gasteiger partial charge in [-0.3, -0.25) is 4.79 Å². The Labute approximate surface area is 121 Å². The Balaban J connectivity index is 1.89. The van der Waals surface area contributed by atoms with E-state index >= 15 is 0 Å². The average molecular weight is 280 g/mol. The van der Waals surface area contributed by atoms with E-state index < -0.39 is 6.04 Å². The molecule has 2 aromatic rings. The number of ether oxygens (including phenoxy) is 2. The third-order valence-electron chi connectivity index (χ3n) is 3.64. The molecule has 1 unspecified atom stereocenters. The Morgan fingerprint density at radius 3 is 2.57 bits per heavy atom. The van der Waals surface area contributed by atoms with Gasteiger partial charge in [0.1, 0.15) is 6.04 Å². The molecule has 0 aromatic heterocycles. The fourth-order valence-corrected chi connectivity index (χ4v) is 2.57. The second-order valence-electron chi connectivity index (χ2n) is 4.93. The number of ketones is 1. The van der Waals surface area contributed by atoms with Crippen LogP contribution in [-0.4, -0.2) is 24.3 Å². The number of hydrogen-bond acceptors (Lipinski definition) is 5. The molecule has 5 heteroatoms. The zero-order valence-corrected chi connectivity index (χ0v) is 11.1. The van der Waals surface area contributed by atoms with Crippen LogP contribution in [0.1, 0.15) is 15.9 Å². The molecule has 0 spiro atoms. The minimum atomic E-state index is -0.764. The van der Waals surface area contributed by atoms with Gasteiger partial charge in [0.25, 0.3) is 0 Å². The zero-order valence-electron chi connectivity index (χ0n) is 11.1. The molecular formula is C16H12N2O3. The highest BCUT2D eigenvalue weighted by molar-refractivity contribution is 6.26. The first kappa shape index (κ1) is 12.1. The van der Waals surface area contributed by atoms with Crippen molar-refractivity contribution in [3.63, 3.8) is 0 Å². The van der Waals surface area contributed by atoms with Crippen LogP contribution in [0.5, 0.6) is 11.5 Å². The van der Waals surface area contributed by atoms with Crippen LogP contribution in [-0.2, 0) is 0 Å². The molecule has 0 fully saturated rings. The number of aliphatic imine (C=N–C) groups is 1. The SMILES string of the molecule is NC1C(=O)c2cc3c(cc2N=C1c1ccccc1)OCO3. The van der Waals surface area contributed by atoms with Crippen LogP contribution in [0.2, 0.25) is 0 Å². The molecule has 0 amide bonds. The van der Waals surface area contributed by atoms with Crippen molar-refractivity contribution in [2.75, 3.05) is 6.79 Å². The Kier molecular flexibility index (Phi) is 2.55. The first-order chi connectivity index (χ1) is 10.2. The summed E-state index contributed by atoms with van der Waals surface area (Å²) in [6, 6.07) is 12.1. The lowest BCUT2D eigenvalue weighted by Gasteiger charge is -2.21. The fourth-order valence-electron chi connectivity index (χ4n) is 2.57. The Hall–Kier alpha value is -2.66. The number of carbonyl (C=O) groups excluding carboxylic acids is 1. The van der Waals surface area contributed by atoms with Crippen molar-refractivity contribution in [2.45, 2.75) is 6.04 Å². The molecule has 0 aliphatic carbocycles. The van der Waals surface area contributed by atoms with Crippen LogP contribution in [0.25, 0.3) is 0 Å². The number of carbonyl (C=O) groups is 1.